The van der Waals surface area contributed by atoms with Gasteiger partial charge in [-0.1, -0.05) is 36.6 Å². The van der Waals surface area contributed by atoms with E-state index in [0.29, 0.717) is 150 Å². The Hall–Kier alpha value is -7.94. The van der Waals surface area contributed by atoms with Gasteiger partial charge in [0.25, 0.3) is 0 Å². The highest BCUT2D eigenvalue weighted by Gasteiger charge is 2.34. The molecule has 1 heterocycles. The Balaban J connectivity index is 0.943. The van der Waals surface area contributed by atoms with Crippen LogP contribution in [0.1, 0.15) is 82.6 Å². The molecule has 2 fully saturated rings. The van der Waals surface area contributed by atoms with Crippen LogP contribution in [0.15, 0.2) is 121 Å². The number of unbranched alkanes of at least 4 members (excludes halogenated alkanes) is 2. The lowest BCUT2D eigenvalue weighted by atomic mass is 9.82. The number of fused-ring (bicyclic) bond motifs is 1. The summed E-state index contributed by atoms with van der Waals surface area (Å²) in [5.74, 6) is -2.02. The van der Waals surface area contributed by atoms with Crippen molar-refractivity contribution >= 4 is 68.7 Å². The number of benzene rings is 4. The first-order valence-corrected chi connectivity index (χ1v) is 28.1. The summed E-state index contributed by atoms with van der Waals surface area (Å²) in [6, 6.07) is 26.0. The molecule has 0 amide bonds. The van der Waals surface area contributed by atoms with Crippen LogP contribution in [0.2, 0.25) is 0 Å². The van der Waals surface area contributed by atoms with Crippen molar-refractivity contribution in [2.24, 2.45) is 28.8 Å². The normalized spacial score (nSPS) is 16.9. The number of aromatic nitrogens is 1. The fourth-order valence-corrected chi connectivity index (χ4v) is 9.81. The number of hydrogen-bond donors (Lipinski definition) is 0. The largest absolute Gasteiger partial charge is 0.494 e. The SMILES string of the molecule is C=CC(=O)OCCCCOc1ccc(OC(=O)C2CCC(C(=O)Oc3ccc(OC(=O)C4CCC(C(=O)Oc5ccc(OCCCCOC(=O)C=C)cc5)CC4)c(/C=N/N(CCOCCOC)c4nc5ccccc5s4)c3)CC2)cc1. The zero-order valence-electron chi connectivity index (χ0n) is 45.5. The zero-order chi connectivity index (χ0) is 57.2. The molecule has 0 unspecified atom stereocenters. The van der Waals surface area contributed by atoms with Crippen molar-refractivity contribution in [3.05, 3.63) is 122 Å². The Bertz CT molecular complexity index is 2880. The Morgan fingerprint density at radius 1 is 0.556 bits per heavy atom. The van der Waals surface area contributed by atoms with Crippen molar-refractivity contribution < 1.29 is 76.1 Å². The lowest BCUT2D eigenvalue weighted by molar-refractivity contribution is -0.145. The molecule has 2 saturated carbocycles. The van der Waals surface area contributed by atoms with Gasteiger partial charge in [0.1, 0.15) is 34.5 Å². The summed E-state index contributed by atoms with van der Waals surface area (Å²) in [7, 11) is 1.60. The Labute approximate surface area is 475 Å². The molecule has 4 aromatic carbocycles. The highest BCUT2D eigenvalue weighted by Crippen LogP contribution is 2.36. The highest BCUT2D eigenvalue weighted by atomic mass is 32.1. The van der Waals surface area contributed by atoms with Gasteiger partial charge in [-0.15, -0.1) is 0 Å². The molecule has 5 aromatic rings. The van der Waals surface area contributed by atoms with Gasteiger partial charge in [0.2, 0.25) is 5.13 Å². The van der Waals surface area contributed by atoms with Crippen LogP contribution < -0.4 is 33.4 Å². The van der Waals surface area contributed by atoms with Crippen molar-refractivity contribution in [2.75, 3.05) is 64.9 Å². The van der Waals surface area contributed by atoms with Gasteiger partial charge in [0.05, 0.1) is 92.9 Å². The smallest absolute Gasteiger partial charge is 0.330 e. The first kappa shape index (κ1) is 60.7. The minimum absolute atomic E-state index is 0.189. The summed E-state index contributed by atoms with van der Waals surface area (Å²) < 4.78 is 56.8. The van der Waals surface area contributed by atoms with Crippen molar-refractivity contribution in [1.29, 1.82) is 0 Å². The van der Waals surface area contributed by atoms with E-state index in [1.165, 1.54) is 17.6 Å². The molecule has 19 nitrogen and oxygen atoms in total. The van der Waals surface area contributed by atoms with Crippen molar-refractivity contribution in [2.45, 2.75) is 77.0 Å². The molecule has 430 valence electrons. The summed E-state index contributed by atoms with van der Waals surface area (Å²) in [6.07, 6.45) is 9.75. The standard InChI is InChI=1S/C61H69N3O16S/c1-4-55(65)75-35-10-8-33-73-47-22-26-49(27-23-47)77-57(67)42-14-16-44(17-15-42)59(69)79-51-30-31-53(46(40-51)41-62-64(32-37-72-39-38-71-3)61-63-52-12-6-7-13-54(52)81-61)80-60(70)45-20-18-43(19-21-45)58(68)78-50-28-24-48(25-29-50)74-34-9-11-36-76-56(66)5-2/h4-7,12-13,22-31,40-45H,1-2,8-11,14-21,32-39H2,3H3/b62-41+. The van der Waals surface area contributed by atoms with Gasteiger partial charge < -0.3 is 47.4 Å². The number of carbonyl (C=O) groups is 6. The van der Waals surface area contributed by atoms with Crippen LogP contribution in [-0.2, 0) is 47.7 Å². The number of para-hydroxylation sites is 1. The average molecular weight is 1130 g/mol. The van der Waals surface area contributed by atoms with Gasteiger partial charge in [-0.05, 0) is 156 Å². The maximum Gasteiger partial charge on any atom is 0.330 e. The summed E-state index contributed by atoms with van der Waals surface area (Å²) in [5, 5.41) is 7.14. The van der Waals surface area contributed by atoms with Crippen LogP contribution in [0.3, 0.4) is 0 Å². The van der Waals surface area contributed by atoms with E-state index < -0.39 is 47.5 Å². The van der Waals surface area contributed by atoms with E-state index in [0.717, 1.165) is 22.4 Å². The molecule has 2 aliphatic rings. The third-order valence-corrected chi connectivity index (χ3v) is 14.5. The maximum absolute atomic E-state index is 13.9. The van der Waals surface area contributed by atoms with Crippen molar-refractivity contribution in [3.63, 3.8) is 0 Å². The summed E-state index contributed by atoms with van der Waals surface area (Å²) in [6.45, 7) is 9.60. The lowest BCUT2D eigenvalue weighted by Crippen LogP contribution is -2.30. The van der Waals surface area contributed by atoms with Gasteiger partial charge in [0, 0.05) is 24.8 Å². The van der Waals surface area contributed by atoms with Crippen LogP contribution in [0.25, 0.3) is 10.2 Å². The average Bonchev–Trinajstić information content (AvgIpc) is 3.97. The minimum Gasteiger partial charge on any atom is -0.494 e. The predicted molar refractivity (Wildman–Crippen MR) is 302 cm³/mol. The van der Waals surface area contributed by atoms with E-state index in [2.05, 4.69) is 13.2 Å². The third-order valence-electron chi connectivity index (χ3n) is 13.4. The molecular weight excluding hydrogens is 1060 g/mol. The number of thiazole rings is 1. The maximum atomic E-state index is 13.9. The van der Waals surface area contributed by atoms with E-state index in [1.54, 1.807) is 78.8 Å². The van der Waals surface area contributed by atoms with Gasteiger partial charge in [-0.3, -0.25) is 19.2 Å². The molecule has 0 saturated heterocycles. The third kappa shape index (κ3) is 19.7. The number of ether oxygens (including phenoxy) is 10. The van der Waals surface area contributed by atoms with Gasteiger partial charge in [-0.25, -0.2) is 19.6 Å². The molecule has 7 rings (SSSR count). The van der Waals surface area contributed by atoms with Crippen molar-refractivity contribution in [1.82, 2.24) is 4.98 Å². The number of nitrogens with zero attached hydrogens (tertiary/aromatic N) is 3. The molecule has 0 aliphatic heterocycles. The fourth-order valence-electron chi connectivity index (χ4n) is 8.86. The second-order valence-corrected chi connectivity index (χ2v) is 20.2. The molecule has 81 heavy (non-hydrogen) atoms. The van der Waals surface area contributed by atoms with Crippen LogP contribution in [0, 0.1) is 23.7 Å². The molecule has 0 spiro atoms. The Morgan fingerprint density at radius 3 is 1.51 bits per heavy atom. The number of anilines is 1. The number of esters is 6. The molecule has 0 radical (unpaired) electrons. The molecule has 2 aliphatic carbocycles. The fraction of sp³-hybridized carbons (Fsp3) is 0.410. The van der Waals surface area contributed by atoms with E-state index in [-0.39, 0.29) is 36.7 Å². The number of rotatable bonds is 31. The highest BCUT2D eigenvalue weighted by molar-refractivity contribution is 7.22. The minimum atomic E-state index is -0.497. The van der Waals surface area contributed by atoms with Gasteiger partial charge in [-0.2, -0.15) is 5.10 Å². The van der Waals surface area contributed by atoms with Crippen LogP contribution in [0.5, 0.6) is 34.5 Å². The van der Waals surface area contributed by atoms with Gasteiger partial charge in [0.15, 0.2) is 0 Å². The number of methoxy groups -OCH3 is 1. The molecule has 0 bridgehead atoms. The Kier molecular flexibility index (Phi) is 24.2. The van der Waals surface area contributed by atoms with Crippen molar-refractivity contribution in [3.8, 4) is 34.5 Å². The predicted octanol–water partition coefficient (Wildman–Crippen LogP) is 10.2. The summed E-state index contributed by atoms with van der Waals surface area (Å²) in [4.78, 5) is 81.3. The van der Waals surface area contributed by atoms with Gasteiger partial charge >= 0.3 is 35.8 Å². The monoisotopic (exact) mass is 1130 g/mol. The first-order chi connectivity index (χ1) is 39.5. The Morgan fingerprint density at radius 2 is 1.01 bits per heavy atom. The van der Waals surface area contributed by atoms with E-state index >= 15 is 0 Å². The summed E-state index contributed by atoms with van der Waals surface area (Å²) in [5.41, 5.74) is 1.16. The number of hydrazone groups is 1. The molecule has 1 aromatic heterocycles. The number of hydrogen-bond acceptors (Lipinski definition) is 20. The zero-order valence-corrected chi connectivity index (χ0v) is 46.4. The topological polar surface area (TPSA) is 223 Å². The lowest BCUT2D eigenvalue weighted by Gasteiger charge is -2.26. The second-order valence-electron chi connectivity index (χ2n) is 19.2. The molecule has 20 heteroatoms. The molecular formula is C61H69N3O16S. The first-order valence-electron chi connectivity index (χ1n) is 27.3. The van der Waals surface area contributed by atoms with E-state index in [9.17, 15) is 28.8 Å². The van der Waals surface area contributed by atoms with Crippen LogP contribution >= 0.6 is 11.3 Å². The second kappa shape index (κ2) is 32.3. The number of carbonyl (C=O) groups excluding carboxylic acids is 6. The quantitative estimate of drug-likeness (QED) is 0.0100. The van der Waals surface area contributed by atoms with E-state index in [1.807, 2.05) is 24.3 Å². The molecule has 0 N–H and O–H groups in total. The molecule has 0 atom stereocenters. The summed E-state index contributed by atoms with van der Waals surface area (Å²) >= 11 is 1.46. The van der Waals surface area contributed by atoms with E-state index in [4.69, 9.17) is 57.5 Å². The van der Waals surface area contributed by atoms with Crippen LogP contribution in [0.4, 0.5) is 5.13 Å². The van der Waals surface area contributed by atoms with Crippen LogP contribution in [-0.4, -0.2) is 107 Å².